The Bertz CT molecular complexity index is 2040. The van der Waals surface area contributed by atoms with Crippen LogP contribution in [-0.2, 0) is 13.0 Å². The van der Waals surface area contributed by atoms with Gasteiger partial charge in [-0.25, -0.2) is 4.99 Å². The van der Waals surface area contributed by atoms with Gasteiger partial charge in [0.15, 0.2) is 0 Å². The fourth-order valence-corrected chi connectivity index (χ4v) is 5.65. The number of aromatic nitrogens is 1. The second kappa shape index (κ2) is 12.5. The van der Waals surface area contributed by atoms with Crippen molar-refractivity contribution in [3.8, 4) is 35.8 Å². The zero-order chi connectivity index (χ0) is 30.5. The predicted octanol–water partition coefficient (Wildman–Crippen LogP) is 8.28. The summed E-state index contributed by atoms with van der Waals surface area (Å²) in [6.45, 7) is 2.42. The molecular formula is C40H32N4. The molecule has 2 N–H and O–H groups in total. The predicted molar refractivity (Wildman–Crippen MR) is 184 cm³/mol. The summed E-state index contributed by atoms with van der Waals surface area (Å²) in [7, 11) is 0. The first-order chi connectivity index (χ1) is 21.6. The zero-order valence-electron chi connectivity index (χ0n) is 24.6. The van der Waals surface area contributed by atoms with Crippen molar-refractivity contribution in [1.82, 2.24) is 9.47 Å². The molecule has 0 bridgehead atoms. The molecule has 0 fully saturated rings. The number of allylic oxidation sites excluding steroid dienone is 4. The Labute approximate surface area is 259 Å². The SMILES string of the molecule is C#C/C(=C(N)\C=C/C)N1Cc2ccccc2N=C1n1c(/C=C\Cc2ccccc2)c(C#C)c2cc(-c3ccccc3)ccc21. The highest BCUT2D eigenvalue weighted by atomic mass is 15.3. The van der Waals surface area contributed by atoms with Gasteiger partial charge in [0.1, 0.15) is 5.70 Å². The Hall–Kier alpha value is -5.97. The summed E-state index contributed by atoms with van der Waals surface area (Å²) < 4.78 is 2.12. The molecule has 0 unspecified atom stereocenters. The minimum Gasteiger partial charge on any atom is -0.397 e. The molecule has 0 amide bonds. The fraction of sp³-hybridized carbons (Fsp3) is 0.0750. The maximum atomic E-state index is 6.54. The minimum absolute atomic E-state index is 0.489. The molecule has 0 atom stereocenters. The molecule has 5 aromatic rings. The van der Waals surface area contributed by atoms with Gasteiger partial charge in [-0.1, -0.05) is 103 Å². The van der Waals surface area contributed by atoms with E-state index >= 15 is 0 Å². The summed E-state index contributed by atoms with van der Waals surface area (Å²) in [6.07, 6.45) is 21.1. The first kappa shape index (κ1) is 28.2. The molecule has 1 aliphatic heterocycles. The van der Waals surface area contributed by atoms with Crippen molar-refractivity contribution in [2.24, 2.45) is 10.7 Å². The second-order valence-corrected chi connectivity index (χ2v) is 10.5. The van der Waals surface area contributed by atoms with Gasteiger partial charge < -0.3 is 5.73 Å². The average molecular weight is 569 g/mol. The lowest BCUT2D eigenvalue weighted by Crippen LogP contribution is -2.38. The van der Waals surface area contributed by atoms with Crippen LogP contribution in [0.15, 0.2) is 138 Å². The van der Waals surface area contributed by atoms with Gasteiger partial charge >= 0.3 is 0 Å². The highest BCUT2D eigenvalue weighted by molar-refractivity contribution is 6.04. The molecule has 4 nitrogen and oxygen atoms in total. The molecule has 6 rings (SSSR count). The molecule has 0 saturated heterocycles. The minimum atomic E-state index is 0.489. The Kier molecular flexibility index (Phi) is 8.00. The Morgan fingerprint density at radius 2 is 1.64 bits per heavy atom. The molecule has 0 aliphatic carbocycles. The third-order valence-electron chi connectivity index (χ3n) is 7.74. The number of aliphatic imine (C=N–C) groups is 1. The number of benzene rings is 4. The van der Waals surface area contributed by atoms with Crippen LogP contribution in [0.2, 0.25) is 0 Å². The molecule has 44 heavy (non-hydrogen) atoms. The number of hydrogen-bond acceptors (Lipinski definition) is 3. The number of nitrogens with zero attached hydrogens (tertiary/aromatic N) is 3. The Morgan fingerprint density at radius 1 is 0.909 bits per heavy atom. The van der Waals surface area contributed by atoms with E-state index in [1.807, 2.05) is 78.6 Å². The summed E-state index contributed by atoms with van der Waals surface area (Å²) >= 11 is 0. The summed E-state index contributed by atoms with van der Waals surface area (Å²) in [4.78, 5) is 7.22. The third-order valence-corrected chi connectivity index (χ3v) is 7.74. The number of para-hydroxylation sites is 1. The van der Waals surface area contributed by atoms with E-state index in [0.717, 1.165) is 51.0 Å². The van der Waals surface area contributed by atoms with Crippen molar-refractivity contribution in [2.75, 3.05) is 0 Å². The molecule has 0 radical (unpaired) electrons. The lowest BCUT2D eigenvalue weighted by Gasteiger charge is -2.32. The molecule has 1 aromatic heterocycles. The van der Waals surface area contributed by atoms with Crippen LogP contribution in [0.3, 0.4) is 0 Å². The van der Waals surface area contributed by atoms with E-state index in [-0.39, 0.29) is 0 Å². The molecule has 1 aliphatic rings. The van der Waals surface area contributed by atoms with Crippen LogP contribution in [0.5, 0.6) is 0 Å². The standard InChI is InChI=1S/C40H32N4/c1-4-16-35(41)37(6-3)43-28-32-22-13-14-23-36(32)42-40(43)44-38(24-15-19-29-17-9-7-10-18-29)33(5-2)34-27-31(25-26-39(34)44)30-20-11-8-12-21-30/h2-4,7-18,20-27H,19,28,41H2,1H3/b16-4-,24-15-,37-35-. The Morgan fingerprint density at radius 3 is 2.36 bits per heavy atom. The van der Waals surface area contributed by atoms with Crippen molar-refractivity contribution in [3.63, 3.8) is 0 Å². The molecule has 0 spiro atoms. The molecule has 2 heterocycles. The number of nitrogens with two attached hydrogens (primary N) is 1. The largest absolute Gasteiger partial charge is 0.397 e. The van der Waals surface area contributed by atoms with Gasteiger partial charge in [-0.05, 0) is 71.9 Å². The van der Waals surface area contributed by atoms with Gasteiger partial charge in [-0.3, -0.25) is 9.47 Å². The first-order valence-electron chi connectivity index (χ1n) is 14.6. The van der Waals surface area contributed by atoms with E-state index in [0.29, 0.717) is 23.9 Å². The van der Waals surface area contributed by atoms with Crippen LogP contribution < -0.4 is 5.73 Å². The van der Waals surface area contributed by atoms with Gasteiger partial charge in [-0.15, -0.1) is 12.8 Å². The number of rotatable bonds is 6. The van der Waals surface area contributed by atoms with Gasteiger partial charge in [0.05, 0.1) is 34.7 Å². The average Bonchev–Trinajstić information content (AvgIpc) is 3.38. The maximum Gasteiger partial charge on any atom is 0.216 e. The number of hydrogen-bond donors (Lipinski definition) is 1. The van der Waals surface area contributed by atoms with E-state index in [1.165, 1.54) is 5.56 Å². The Balaban J connectivity index is 1.63. The van der Waals surface area contributed by atoms with E-state index in [4.69, 9.17) is 23.6 Å². The quantitative estimate of drug-likeness (QED) is 0.166. The van der Waals surface area contributed by atoms with Crippen molar-refractivity contribution in [1.29, 1.82) is 0 Å². The summed E-state index contributed by atoms with van der Waals surface area (Å²) in [5.41, 5.74) is 15.5. The monoisotopic (exact) mass is 568 g/mol. The summed E-state index contributed by atoms with van der Waals surface area (Å²) in [5.74, 6) is 6.50. The second-order valence-electron chi connectivity index (χ2n) is 10.5. The van der Waals surface area contributed by atoms with Crippen LogP contribution in [0.4, 0.5) is 5.69 Å². The number of fused-ring (bicyclic) bond motifs is 2. The molecular weight excluding hydrogens is 536 g/mol. The van der Waals surface area contributed by atoms with Crippen molar-refractivity contribution < 1.29 is 0 Å². The summed E-state index contributed by atoms with van der Waals surface area (Å²) in [6, 6.07) is 35.2. The van der Waals surface area contributed by atoms with Gasteiger partial charge in [0.2, 0.25) is 5.96 Å². The van der Waals surface area contributed by atoms with Crippen LogP contribution in [-0.4, -0.2) is 15.4 Å². The van der Waals surface area contributed by atoms with E-state index < -0.39 is 0 Å². The van der Waals surface area contributed by atoms with Crippen molar-refractivity contribution in [2.45, 2.75) is 19.9 Å². The first-order valence-corrected chi connectivity index (χ1v) is 14.6. The lowest BCUT2D eigenvalue weighted by molar-refractivity contribution is 0.498. The van der Waals surface area contributed by atoms with Crippen LogP contribution in [0, 0.1) is 24.7 Å². The van der Waals surface area contributed by atoms with Crippen LogP contribution in [0.25, 0.3) is 28.1 Å². The van der Waals surface area contributed by atoms with E-state index in [9.17, 15) is 0 Å². The van der Waals surface area contributed by atoms with E-state index in [1.54, 1.807) is 0 Å². The van der Waals surface area contributed by atoms with Crippen molar-refractivity contribution >= 4 is 28.6 Å². The van der Waals surface area contributed by atoms with E-state index in [2.05, 4.69) is 77.1 Å². The van der Waals surface area contributed by atoms with Gasteiger partial charge in [0.25, 0.3) is 0 Å². The zero-order valence-corrected chi connectivity index (χ0v) is 24.6. The molecule has 4 heteroatoms. The van der Waals surface area contributed by atoms with Crippen molar-refractivity contribution in [3.05, 3.63) is 155 Å². The maximum absolute atomic E-state index is 6.54. The highest BCUT2D eigenvalue weighted by Crippen LogP contribution is 2.35. The topological polar surface area (TPSA) is 46.5 Å². The summed E-state index contributed by atoms with van der Waals surface area (Å²) in [5, 5.41) is 0.961. The normalized spacial score (nSPS) is 13.4. The molecule has 0 saturated carbocycles. The van der Waals surface area contributed by atoms with Gasteiger partial charge in [0, 0.05) is 5.39 Å². The lowest BCUT2D eigenvalue weighted by atomic mass is 10.0. The smallest absolute Gasteiger partial charge is 0.216 e. The molecule has 4 aromatic carbocycles. The highest BCUT2D eigenvalue weighted by Gasteiger charge is 2.29. The fourth-order valence-electron chi connectivity index (χ4n) is 5.65. The molecule has 212 valence electrons. The number of terminal acetylenes is 2. The van der Waals surface area contributed by atoms with Crippen LogP contribution >= 0.6 is 0 Å². The third kappa shape index (κ3) is 5.34. The van der Waals surface area contributed by atoms with Gasteiger partial charge in [-0.2, -0.15) is 0 Å². The van der Waals surface area contributed by atoms with Crippen LogP contribution in [0.1, 0.15) is 29.3 Å².